The fourth-order valence-electron chi connectivity index (χ4n) is 3.36. The number of alkyl halides is 3. The van der Waals surface area contributed by atoms with E-state index in [-0.39, 0.29) is 36.2 Å². The van der Waals surface area contributed by atoms with Crippen molar-refractivity contribution in [2.24, 2.45) is 0 Å². The molecule has 0 spiro atoms. The lowest BCUT2D eigenvalue weighted by Gasteiger charge is -2.25. The summed E-state index contributed by atoms with van der Waals surface area (Å²) in [6.07, 6.45) is -1.46. The summed E-state index contributed by atoms with van der Waals surface area (Å²) in [6.45, 7) is 3.73. The Morgan fingerprint density at radius 3 is 2.68 bits per heavy atom. The zero-order valence-corrected chi connectivity index (χ0v) is 17.2. The topological polar surface area (TPSA) is 96.2 Å². The van der Waals surface area contributed by atoms with Crippen molar-refractivity contribution in [3.05, 3.63) is 52.5 Å². The van der Waals surface area contributed by atoms with Gasteiger partial charge in [0.2, 0.25) is 11.7 Å². The van der Waals surface area contributed by atoms with Crippen LogP contribution in [0.5, 0.6) is 5.88 Å². The molecule has 0 saturated carbocycles. The zero-order valence-electron chi connectivity index (χ0n) is 17.2. The van der Waals surface area contributed by atoms with Gasteiger partial charge in [-0.05, 0) is 38.0 Å². The smallest absolute Gasteiger partial charge is 0.422 e. The molecular formula is C21H21F3N4O3. The minimum absolute atomic E-state index is 0.0888. The number of carbonyl (C=O) groups excluding carboxylic acids is 2. The van der Waals surface area contributed by atoms with Gasteiger partial charge in [-0.3, -0.25) is 14.6 Å². The third-order valence-electron chi connectivity index (χ3n) is 5.09. The van der Waals surface area contributed by atoms with Crippen molar-refractivity contribution in [2.45, 2.75) is 46.0 Å². The molecule has 1 aliphatic rings. The van der Waals surface area contributed by atoms with Crippen LogP contribution in [0.4, 0.5) is 13.2 Å². The molecule has 2 aromatic heterocycles. The van der Waals surface area contributed by atoms with E-state index >= 15 is 0 Å². The lowest BCUT2D eigenvalue weighted by Crippen LogP contribution is -2.27. The van der Waals surface area contributed by atoms with Crippen LogP contribution in [-0.4, -0.2) is 45.1 Å². The first-order valence-corrected chi connectivity index (χ1v) is 9.60. The third kappa shape index (κ3) is 4.57. The Kier molecular flexibility index (Phi) is 6.10. The quantitative estimate of drug-likeness (QED) is 0.524. The Hall–Kier alpha value is -3.30. The molecule has 7 nitrogen and oxygen atoms in total. The maximum Gasteiger partial charge on any atom is 0.422 e. The number of hydrogen-bond acceptors (Lipinski definition) is 6. The van der Waals surface area contributed by atoms with Crippen LogP contribution in [0.15, 0.2) is 24.5 Å². The Labute approximate surface area is 176 Å². The lowest BCUT2D eigenvalue weighted by molar-refractivity contribution is -0.154. The minimum atomic E-state index is -4.47. The molecule has 1 atom stereocenters. The fraction of sp³-hybridized carbons (Fsp3) is 0.381. The largest absolute Gasteiger partial charge is 0.468 e. The van der Waals surface area contributed by atoms with Gasteiger partial charge in [0.1, 0.15) is 5.69 Å². The van der Waals surface area contributed by atoms with Crippen LogP contribution < -0.4 is 4.74 Å². The van der Waals surface area contributed by atoms with Gasteiger partial charge in [0.05, 0.1) is 11.8 Å². The molecule has 31 heavy (non-hydrogen) atoms. The molecule has 0 aromatic carbocycles. The zero-order chi connectivity index (χ0) is 22.9. The summed E-state index contributed by atoms with van der Waals surface area (Å²) >= 11 is 0. The number of Topliss-reactive ketones (excluding diaryl/α,β-unsaturated/α-hetero) is 1. The maximum atomic E-state index is 13.0. The van der Waals surface area contributed by atoms with Crippen molar-refractivity contribution in [2.75, 3.05) is 6.61 Å². The summed E-state index contributed by atoms with van der Waals surface area (Å²) in [5.41, 5.74) is 1.85. The van der Waals surface area contributed by atoms with Crippen molar-refractivity contribution in [1.29, 1.82) is 5.41 Å². The minimum Gasteiger partial charge on any atom is -0.468 e. The molecular weight excluding hydrogens is 413 g/mol. The number of nitrogens with zero attached hydrogens (tertiary/aromatic N) is 3. The van der Waals surface area contributed by atoms with Crippen molar-refractivity contribution >= 4 is 17.4 Å². The summed E-state index contributed by atoms with van der Waals surface area (Å²) < 4.78 is 41.9. The predicted molar refractivity (Wildman–Crippen MR) is 105 cm³/mol. The first-order valence-electron chi connectivity index (χ1n) is 9.60. The van der Waals surface area contributed by atoms with Crippen LogP contribution in [0.1, 0.15) is 63.8 Å². The summed E-state index contributed by atoms with van der Waals surface area (Å²) in [5.74, 6) is -0.929. The molecule has 164 valence electrons. The van der Waals surface area contributed by atoms with Gasteiger partial charge in [-0.2, -0.15) is 13.2 Å². The van der Waals surface area contributed by atoms with E-state index in [1.54, 1.807) is 26.8 Å². The van der Waals surface area contributed by atoms with Gasteiger partial charge < -0.3 is 15.0 Å². The molecule has 3 rings (SSSR count). The van der Waals surface area contributed by atoms with E-state index in [1.165, 1.54) is 23.4 Å². The van der Waals surface area contributed by atoms with Gasteiger partial charge in [-0.1, -0.05) is 6.92 Å². The van der Waals surface area contributed by atoms with E-state index in [4.69, 9.17) is 10.1 Å². The van der Waals surface area contributed by atoms with E-state index in [0.29, 0.717) is 22.3 Å². The monoisotopic (exact) mass is 434 g/mol. The molecule has 0 saturated heterocycles. The molecule has 0 radical (unpaired) electrons. The SMILES string of the molecule is CCC(=N)C(=O)c1nccc2c1CN(C(C)c1cnc(OCC(F)(F)F)c(C)c1)C2=O. The van der Waals surface area contributed by atoms with Gasteiger partial charge in [-0.25, -0.2) is 4.98 Å². The van der Waals surface area contributed by atoms with Crippen molar-refractivity contribution in [3.63, 3.8) is 0 Å². The van der Waals surface area contributed by atoms with Crippen molar-refractivity contribution in [1.82, 2.24) is 14.9 Å². The van der Waals surface area contributed by atoms with Gasteiger partial charge >= 0.3 is 6.18 Å². The van der Waals surface area contributed by atoms with Gasteiger partial charge in [0.25, 0.3) is 5.91 Å². The number of rotatable bonds is 7. The first kappa shape index (κ1) is 22.4. The highest BCUT2D eigenvalue weighted by molar-refractivity contribution is 6.44. The molecule has 2 aromatic rings. The predicted octanol–water partition coefficient (Wildman–Crippen LogP) is 4.06. The second kappa shape index (κ2) is 8.44. The molecule has 1 amide bonds. The Bertz CT molecular complexity index is 1050. The Balaban J connectivity index is 1.84. The number of ether oxygens (including phenoxy) is 1. The van der Waals surface area contributed by atoms with Crippen LogP contribution in [0.3, 0.4) is 0 Å². The van der Waals surface area contributed by atoms with E-state index in [2.05, 4.69) is 9.97 Å². The molecule has 1 N–H and O–H groups in total. The van der Waals surface area contributed by atoms with Crippen LogP contribution in [-0.2, 0) is 6.54 Å². The van der Waals surface area contributed by atoms with Gasteiger partial charge in [0, 0.05) is 35.6 Å². The fourth-order valence-corrected chi connectivity index (χ4v) is 3.36. The average Bonchev–Trinajstić information content (AvgIpc) is 3.07. The summed E-state index contributed by atoms with van der Waals surface area (Å²) in [5, 5.41) is 7.80. The number of amides is 1. The highest BCUT2D eigenvalue weighted by Gasteiger charge is 2.35. The third-order valence-corrected chi connectivity index (χ3v) is 5.09. The van der Waals surface area contributed by atoms with E-state index in [1.807, 2.05) is 0 Å². The second-order valence-electron chi connectivity index (χ2n) is 7.25. The highest BCUT2D eigenvalue weighted by Crippen LogP contribution is 2.33. The normalized spacial score (nSPS) is 14.4. The number of ketones is 1. The number of aromatic nitrogens is 2. The van der Waals surface area contributed by atoms with Crippen LogP contribution >= 0.6 is 0 Å². The van der Waals surface area contributed by atoms with Crippen LogP contribution in [0.2, 0.25) is 0 Å². The number of carbonyl (C=O) groups is 2. The molecule has 1 aliphatic heterocycles. The number of halogens is 3. The van der Waals surface area contributed by atoms with Gasteiger partial charge in [0.15, 0.2) is 6.61 Å². The average molecular weight is 434 g/mol. The van der Waals surface area contributed by atoms with E-state index in [0.717, 1.165) is 0 Å². The summed E-state index contributed by atoms with van der Waals surface area (Å²) in [4.78, 5) is 35.0. The summed E-state index contributed by atoms with van der Waals surface area (Å²) in [7, 11) is 0. The Morgan fingerprint density at radius 2 is 2.06 bits per heavy atom. The maximum absolute atomic E-state index is 13.0. The number of pyridine rings is 2. The Morgan fingerprint density at radius 1 is 1.35 bits per heavy atom. The molecule has 0 bridgehead atoms. The molecule has 0 aliphatic carbocycles. The van der Waals surface area contributed by atoms with Crippen molar-refractivity contribution in [3.8, 4) is 5.88 Å². The second-order valence-corrected chi connectivity index (χ2v) is 7.25. The number of fused-ring (bicyclic) bond motifs is 1. The first-order chi connectivity index (χ1) is 14.5. The van der Waals surface area contributed by atoms with Crippen LogP contribution in [0.25, 0.3) is 0 Å². The number of nitrogens with one attached hydrogen (secondary N) is 1. The molecule has 1 unspecified atom stereocenters. The molecule has 0 fully saturated rings. The lowest BCUT2D eigenvalue weighted by atomic mass is 10.0. The molecule has 3 heterocycles. The molecule has 10 heteroatoms. The summed E-state index contributed by atoms with van der Waals surface area (Å²) in [6, 6.07) is 2.70. The number of aryl methyl sites for hydroxylation is 1. The van der Waals surface area contributed by atoms with Crippen LogP contribution in [0, 0.1) is 12.3 Å². The number of hydrogen-bond donors (Lipinski definition) is 1. The highest BCUT2D eigenvalue weighted by atomic mass is 19.4. The van der Waals surface area contributed by atoms with Gasteiger partial charge in [-0.15, -0.1) is 0 Å². The van der Waals surface area contributed by atoms with E-state index in [9.17, 15) is 22.8 Å². The van der Waals surface area contributed by atoms with Crippen molar-refractivity contribution < 1.29 is 27.5 Å². The standard InChI is InChI=1S/C21H21F3N4O3/c1-4-16(25)18(29)17-15-9-28(20(30)14(15)5-6-26-17)12(3)13-7-11(2)19(27-8-13)31-10-21(22,23)24/h5-8,12,25H,4,9-10H2,1-3H3. The van der Waals surface area contributed by atoms with E-state index < -0.39 is 24.6 Å².